The van der Waals surface area contributed by atoms with Crippen LogP contribution in [-0.4, -0.2) is 13.7 Å². The Hall–Kier alpha value is -2.37. The maximum atomic E-state index is 11.7. The fourth-order valence-electron chi connectivity index (χ4n) is 1.70. The zero-order valence-electron chi connectivity index (χ0n) is 10.2. The Morgan fingerprint density at radius 2 is 1.72 bits per heavy atom. The predicted molar refractivity (Wildman–Crippen MR) is 66.7 cm³/mol. The molecule has 0 amide bonds. The maximum Gasteiger partial charge on any atom is 0.330 e. The Labute approximate surface area is 102 Å². The molecule has 6 heteroatoms. The predicted octanol–water partition coefficient (Wildman–Crippen LogP) is -0.706. The molecule has 94 valence electrons. The minimum atomic E-state index is -0.401. The van der Waals surface area contributed by atoms with Crippen LogP contribution in [0.1, 0.15) is 5.69 Å². The summed E-state index contributed by atoms with van der Waals surface area (Å²) >= 11 is 0. The molecule has 0 aromatic carbocycles. The topological polar surface area (TPSA) is 66.0 Å². The first-order chi connectivity index (χ1) is 8.50. The van der Waals surface area contributed by atoms with Gasteiger partial charge in [-0.05, 0) is 6.07 Å². The summed E-state index contributed by atoms with van der Waals surface area (Å²) in [7, 11) is 2.99. The molecule has 2 heterocycles. The Kier molecular flexibility index (Phi) is 3.01. The van der Waals surface area contributed by atoms with Crippen LogP contribution in [0.25, 0.3) is 0 Å². The zero-order valence-corrected chi connectivity index (χ0v) is 10.2. The van der Waals surface area contributed by atoms with Crippen LogP contribution in [-0.2, 0) is 20.6 Å². The summed E-state index contributed by atoms with van der Waals surface area (Å²) in [6, 6.07) is 6.16. The van der Waals surface area contributed by atoms with Gasteiger partial charge in [-0.2, -0.15) is 0 Å². The van der Waals surface area contributed by atoms with E-state index in [4.69, 9.17) is 0 Å². The molecule has 2 rings (SSSR count). The van der Waals surface area contributed by atoms with Crippen LogP contribution in [0.4, 0.5) is 0 Å². The Balaban J connectivity index is 2.55. The number of hydrogen-bond donors (Lipinski definition) is 0. The van der Waals surface area contributed by atoms with Crippen LogP contribution < -0.4 is 16.8 Å². The van der Waals surface area contributed by atoms with Gasteiger partial charge in [0.15, 0.2) is 0 Å². The third-order valence-corrected chi connectivity index (χ3v) is 2.86. The second kappa shape index (κ2) is 4.48. The number of aromatic nitrogens is 3. The summed E-state index contributed by atoms with van der Waals surface area (Å²) in [6.45, 7) is 0.196. The van der Waals surface area contributed by atoms with Crippen LogP contribution >= 0.6 is 0 Å². The average molecular weight is 247 g/mol. The van der Waals surface area contributed by atoms with Crippen molar-refractivity contribution in [2.75, 3.05) is 0 Å². The maximum absolute atomic E-state index is 11.7. The smallest absolute Gasteiger partial charge is 0.310 e. The quantitative estimate of drug-likeness (QED) is 0.704. The van der Waals surface area contributed by atoms with Gasteiger partial charge in [0.25, 0.3) is 11.1 Å². The highest BCUT2D eigenvalue weighted by atomic mass is 16.2. The molecule has 0 N–H and O–H groups in total. The van der Waals surface area contributed by atoms with Gasteiger partial charge in [-0.1, -0.05) is 6.07 Å². The molecule has 18 heavy (non-hydrogen) atoms. The summed E-state index contributed by atoms with van der Waals surface area (Å²) in [6.07, 6.45) is 1.62. The Morgan fingerprint density at radius 3 is 2.39 bits per heavy atom. The lowest BCUT2D eigenvalue weighted by Crippen LogP contribution is -2.38. The largest absolute Gasteiger partial charge is 0.330 e. The summed E-state index contributed by atoms with van der Waals surface area (Å²) in [4.78, 5) is 34.8. The molecule has 0 atom stereocenters. The van der Waals surface area contributed by atoms with Crippen molar-refractivity contribution >= 4 is 0 Å². The fraction of sp³-hybridized carbons (Fsp3) is 0.250. The lowest BCUT2D eigenvalue weighted by atomic mass is 10.3. The third-order valence-electron chi connectivity index (χ3n) is 2.86. The van der Waals surface area contributed by atoms with E-state index in [0.29, 0.717) is 5.69 Å². The molecule has 0 aliphatic rings. The van der Waals surface area contributed by atoms with E-state index in [9.17, 15) is 14.4 Å². The molecule has 0 unspecified atom stereocenters. The number of rotatable bonds is 2. The monoisotopic (exact) mass is 247 g/mol. The van der Waals surface area contributed by atoms with Crippen molar-refractivity contribution < 1.29 is 0 Å². The lowest BCUT2D eigenvalue weighted by molar-refractivity contribution is 0.618. The fourth-order valence-corrected chi connectivity index (χ4v) is 1.70. The first kappa shape index (κ1) is 12.1. The van der Waals surface area contributed by atoms with Gasteiger partial charge in [0.2, 0.25) is 0 Å². The van der Waals surface area contributed by atoms with E-state index in [2.05, 4.69) is 0 Å². The summed E-state index contributed by atoms with van der Waals surface area (Å²) in [5.41, 5.74) is -0.458. The first-order valence-corrected chi connectivity index (χ1v) is 5.42. The van der Waals surface area contributed by atoms with Gasteiger partial charge in [-0.15, -0.1) is 0 Å². The average Bonchev–Trinajstić information content (AvgIpc) is 2.36. The van der Waals surface area contributed by atoms with Crippen molar-refractivity contribution in [3.05, 3.63) is 67.3 Å². The van der Waals surface area contributed by atoms with Crippen molar-refractivity contribution in [1.82, 2.24) is 13.7 Å². The highest BCUT2D eigenvalue weighted by Gasteiger charge is 2.06. The highest BCUT2D eigenvalue weighted by molar-refractivity contribution is 5.04. The van der Waals surface area contributed by atoms with Crippen LogP contribution in [0.3, 0.4) is 0 Å². The molecule has 0 radical (unpaired) electrons. The molecule has 2 aromatic rings. The summed E-state index contributed by atoms with van der Waals surface area (Å²) < 4.78 is 3.83. The lowest BCUT2D eigenvalue weighted by Gasteiger charge is -2.10. The van der Waals surface area contributed by atoms with Gasteiger partial charge in [0, 0.05) is 38.1 Å². The molecule has 0 saturated carbocycles. The minimum absolute atomic E-state index is 0.175. The van der Waals surface area contributed by atoms with Crippen molar-refractivity contribution in [1.29, 1.82) is 0 Å². The van der Waals surface area contributed by atoms with Crippen molar-refractivity contribution in [2.24, 2.45) is 14.1 Å². The second-order valence-electron chi connectivity index (χ2n) is 4.04. The van der Waals surface area contributed by atoms with E-state index >= 15 is 0 Å². The first-order valence-electron chi connectivity index (χ1n) is 5.42. The van der Waals surface area contributed by atoms with Gasteiger partial charge in [0.05, 0.1) is 6.54 Å². The molecule has 0 bridgehead atoms. The molecule has 0 saturated heterocycles. The summed E-state index contributed by atoms with van der Waals surface area (Å²) in [5, 5.41) is 0. The molecular weight excluding hydrogens is 234 g/mol. The highest BCUT2D eigenvalue weighted by Crippen LogP contribution is 1.94. The Morgan fingerprint density at radius 1 is 1.00 bits per heavy atom. The standard InChI is InChI=1S/C12H13N3O3/c1-13-9(7-11(17)14(2)12(13)18)8-15-6-4-3-5-10(15)16/h3-7H,8H2,1-2H3. The third kappa shape index (κ3) is 2.04. The number of pyridine rings is 1. The van der Waals surface area contributed by atoms with Crippen molar-refractivity contribution in [2.45, 2.75) is 6.54 Å². The van der Waals surface area contributed by atoms with Crippen LogP contribution in [0.15, 0.2) is 44.8 Å². The van der Waals surface area contributed by atoms with Crippen molar-refractivity contribution in [3.63, 3.8) is 0 Å². The van der Waals surface area contributed by atoms with E-state index in [-0.39, 0.29) is 17.7 Å². The van der Waals surface area contributed by atoms with Crippen LogP contribution in [0.5, 0.6) is 0 Å². The molecule has 6 nitrogen and oxygen atoms in total. The normalized spacial score (nSPS) is 10.6. The van der Waals surface area contributed by atoms with E-state index < -0.39 is 5.69 Å². The molecule has 0 fully saturated rings. The molecular formula is C12H13N3O3. The Bertz CT molecular complexity index is 752. The number of hydrogen-bond acceptors (Lipinski definition) is 3. The van der Waals surface area contributed by atoms with Gasteiger partial charge in [-0.25, -0.2) is 4.79 Å². The van der Waals surface area contributed by atoms with Crippen LogP contribution in [0, 0.1) is 0 Å². The summed E-state index contributed by atoms with van der Waals surface area (Å²) in [5.74, 6) is 0. The minimum Gasteiger partial charge on any atom is -0.310 e. The van der Waals surface area contributed by atoms with E-state index in [0.717, 1.165) is 4.57 Å². The molecule has 2 aromatic heterocycles. The molecule has 0 aliphatic heterocycles. The SMILES string of the molecule is Cn1c(Cn2ccccc2=O)cc(=O)n(C)c1=O. The molecule has 0 spiro atoms. The van der Waals surface area contributed by atoms with Gasteiger partial charge in [0.1, 0.15) is 0 Å². The van der Waals surface area contributed by atoms with Gasteiger partial charge >= 0.3 is 5.69 Å². The second-order valence-corrected chi connectivity index (χ2v) is 4.04. The zero-order chi connectivity index (χ0) is 13.3. The van der Waals surface area contributed by atoms with E-state index in [1.807, 2.05) is 0 Å². The number of nitrogens with zero attached hydrogens (tertiary/aromatic N) is 3. The molecule has 0 aliphatic carbocycles. The van der Waals surface area contributed by atoms with Crippen molar-refractivity contribution in [3.8, 4) is 0 Å². The van der Waals surface area contributed by atoms with E-state index in [1.54, 1.807) is 25.4 Å². The van der Waals surface area contributed by atoms with Crippen LogP contribution in [0.2, 0.25) is 0 Å². The van der Waals surface area contributed by atoms with Gasteiger partial charge in [-0.3, -0.25) is 18.7 Å². The van der Waals surface area contributed by atoms with Gasteiger partial charge < -0.3 is 4.57 Å². The van der Waals surface area contributed by atoms with E-state index in [1.165, 1.54) is 28.3 Å².